The van der Waals surface area contributed by atoms with E-state index in [1.807, 2.05) is 26.0 Å². The Morgan fingerprint density at radius 2 is 2.00 bits per heavy atom. The predicted molar refractivity (Wildman–Crippen MR) is 90.1 cm³/mol. The Hall–Kier alpha value is -2.28. The zero-order valence-electron chi connectivity index (χ0n) is 13.8. The second-order valence-corrected chi connectivity index (χ2v) is 8.76. The number of rotatable bonds is 4. The van der Waals surface area contributed by atoms with Crippen LogP contribution in [0.15, 0.2) is 34.7 Å². The number of nitrogens with one attached hydrogen (secondary N) is 1. The molecule has 2 heterocycles. The van der Waals surface area contributed by atoms with Gasteiger partial charge in [0.15, 0.2) is 15.6 Å². The van der Waals surface area contributed by atoms with E-state index < -0.39 is 15.7 Å². The van der Waals surface area contributed by atoms with Crippen molar-refractivity contribution in [3.8, 4) is 5.75 Å². The van der Waals surface area contributed by atoms with Crippen molar-refractivity contribution >= 4 is 21.4 Å². The molecule has 1 aliphatic heterocycles. The van der Waals surface area contributed by atoms with Crippen molar-refractivity contribution in [1.29, 1.82) is 0 Å². The number of carbonyl (C=O) groups is 1. The van der Waals surface area contributed by atoms with Crippen molar-refractivity contribution in [2.24, 2.45) is 0 Å². The van der Waals surface area contributed by atoms with Crippen molar-refractivity contribution in [2.75, 3.05) is 11.6 Å². The number of hydrogen-bond donors (Lipinski definition) is 1. The van der Waals surface area contributed by atoms with Crippen LogP contribution in [0.3, 0.4) is 0 Å². The van der Waals surface area contributed by atoms with E-state index in [9.17, 15) is 13.2 Å². The second kappa shape index (κ2) is 5.66. The summed E-state index contributed by atoms with van der Waals surface area (Å²) >= 11 is 0. The molecule has 1 aromatic heterocycles. The van der Waals surface area contributed by atoms with E-state index in [0.717, 1.165) is 18.2 Å². The number of benzene rings is 1. The summed E-state index contributed by atoms with van der Waals surface area (Å²) in [6, 6.07) is 8.54. The topological polar surface area (TPSA) is 85.6 Å². The minimum absolute atomic E-state index is 0.0588. The largest absolute Gasteiger partial charge is 0.485 e. The van der Waals surface area contributed by atoms with Crippen LogP contribution in [0.4, 0.5) is 5.69 Å². The van der Waals surface area contributed by atoms with Crippen LogP contribution in [0.5, 0.6) is 5.75 Å². The van der Waals surface area contributed by atoms with E-state index in [1.54, 1.807) is 6.07 Å². The van der Waals surface area contributed by atoms with E-state index in [1.165, 1.54) is 12.1 Å². The molecule has 3 rings (SSSR count). The van der Waals surface area contributed by atoms with Gasteiger partial charge in [0, 0.05) is 18.2 Å². The number of hydrogen-bond acceptors (Lipinski definition) is 5. The molecule has 128 valence electrons. The van der Waals surface area contributed by atoms with Gasteiger partial charge in [-0.05, 0) is 32.0 Å². The molecule has 6 nitrogen and oxygen atoms in total. The van der Waals surface area contributed by atoms with Crippen LogP contribution in [-0.4, -0.2) is 26.2 Å². The van der Waals surface area contributed by atoms with Gasteiger partial charge in [-0.25, -0.2) is 8.42 Å². The molecule has 0 spiro atoms. The predicted octanol–water partition coefficient (Wildman–Crippen LogP) is 2.79. The number of anilines is 1. The molecule has 0 radical (unpaired) electrons. The van der Waals surface area contributed by atoms with Crippen molar-refractivity contribution < 1.29 is 22.4 Å². The van der Waals surface area contributed by atoms with Gasteiger partial charge in [-0.1, -0.05) is 12.1 Å². The molecule has 7 heteroatoms. The Balaban J connectivity index is 1.79. The molecule has 0 fully saturated rings. The molecule has 1 aromatic carbocycles. The zero-order valence-corrected chi connectivity index (χ0v) is 14.6. The third-order valence-electron chi connectivity index (χ3n) is 3.63. The normalized spacial score (nSPS) is 15.6. The Morgan fingerprint density at radius 1 is 1.25 bits per heavy atom. The minimum Gasteiger partial charge on any atom is -0.485 e. The second-order valence-electron chi connectivity index (χ2n) is 6.62. The summed E-state index contributed by atoms with van der Waals surface area (Å²) in [5.41, 5.74) is 1.30. The van der Waals surface area contributed by atoms with Gasteiger partial charge >= 0.3 is 0 Å². The monoisotopic (exact) mass is 349 g/mol. The quantitative estimate of drug-likeness (QED) is 0.917. The van der Waals surface area contributed by atoms with Crippen molar-refractivity contribution in [3.05, 3.63) is 47.4 Å². The lowest BCUT2D eigenvalue weighted by atomic mass is 10.0. The molecule has 0 saturated heterocycles. The Bertz CT molecular complexity index is 895. The minimum atomic E-state index is -3.21. The number of furan rings is 1. The highest BCUT2D eigenvalue weighted by Gasteiger charge is 2.32. The van der Waals surface area contributed by atoms with Gasteiger partial charge < -0.3 is 14.5 Å². The first kappa shape index (κ1) is 16.6. The van der Waals surface area contributed by atoms with Crippen LogP contribution in [0.25, 0.3) is 0 Å². The molecule has 0 atom stereocenters. The number of sulfone groups is 1. The highest BCUT2D eigenvalue weighted by atomic mass is 32.2. The fraction of sp³-hybridized carbons (Fsp3) is 0.353. The first-order valence-electron chi connectivity index (χ1n) is 7.52. The molecular formula is C17H19NO5S. The fourth-order valence-electron chi connectivity index (χ4n) is 2.73. The zero-order chi connectivity index (χ0) is 17.5. The number of carbonyl (C=O) groups excluding carboxylic acids is 1. The Labute approximate surface area is 140 Å². The van der Waals surface area contributed by atoms with Crippen LogP contribution < -0.4 is 10.1 Å². The molecule has 0 aliphatic carbocycles. The van der Waals surface area contributed by atoms with Gasteiger partial charge in [0.25, 0.3) is 5.91 Å². The van der Waals surface area contributed by atoms with Gasteiger partial charge in [-0.2, -0.15) is 0 Å². The van der Waals surface area contributed by atoms with Gasteiger partial charge in [-0.3, -0.25) is 4.79 Å². The van der Waals surface area contributed by atoms with Gasteiger partial charge in [0.05, 0.1) is 5.69 Å². The lowest BCUT2D eigenvalue weighted by molar-refractivity contribution is 0.0992. The molecule has 1 N–H and O–H groups in total. The average molecular weight is 349 g/mol. The lowest BCUT2D eigenvalue weighted by Gasteiger charge is -2.18. The van der Waals surface area contributed by atoms with Crippen LogP contribution >= 0.6 is 0 Å². The molecular weight excluding hydrogens is 330 g/mol. The van der Waals surface area contributed by atoms with Gasteiger partial charge in [0.2, 0.25) is 0 Å². The average Bonchev–Trinajstić information content (AvgIpc) is 3.00. The summed E-state index contributed by atoms with van der Waals surface area (Å²) in [6.45, 7) is 3.98. The van der Waals surface area contributed by atoms with E-state index in [2.05, 4.69) is 5.32 Å². The van der Waals surface area contributed by atoms with Crippen molar-refractivity contribution in [3.63, 3.8) is 0 Å². The maximum absolute atomic E-state index is 12.3. The standard InChI is InChI=1S/C17H19NO5S/c1-17(2)9-11-5-4-6-13(15(11)23-17)18-16(19)14-8-7-12(22-14)10-24(3,20)21/h4-8H,9-10H2,1-3H3,(H,18,19). The number of ether oxygens (including phenoxy) is 1. The van der Waals surface area contributed by atoms with Gasteiger partial charge in [-0.15, -0.1) is 0 Å². The third-order valence-corrected chi connectivity index (χ3v) is 4.44. The Kier molecular flexibility index (Phi) is 3.91. The smallest absolute Gasteiger partial charge is 0.291 e. The third kappa shape index (κ3) is 3.62. The summed E-state index contributed by atoms with van der Waals surface area (Å²) in [4.78, 5) is 12.3. The van der Waals surface area contributed by atoms with Crippen LogP contribution in [-0.2, 0) is 22.0 Å². The number of amides is 1. The van der Waals surface area contributed by atoms with Gasteiger partial charge in [0.1, 0.15) is 22.9 Å². The molecule has 1 amide bonds. The van der Waals surface area contributed by atoms with E-state index in [0.29, 0.717) is 11.4 Å². The molecule has 0 unspecified atom stereocenters. The van der Waals surface area contributed by atoms with Crippen LogP contribution in [0.1, 0.15) is 35.7 Å². The summed E-state index contributed by atoms with van der Waals surface area (Å²) in [5, 5.41) is 2.77. The van der Waals surface area contributed by atoms with E-state index >= 15 is 0 Å². The van der Waals surface area contributed by atoms with Crippen molar-refractivity contribution in [1.82, 2.24) is 0 Å². The summed E-state index contributed by atoms with van der Waals surface area (Å²) in [7, 11) is -3.21. The fourth-order valence-corrected chi connectivity index (χ4v) is 3.41. The Morgan fingerprint density at radius 3 is 2.71 bits per heavy atom. The van der Waals surface area contributed by atoms with Crippen LogP contribution in [0.2, 0.25) is 0 Å². The molecule has 2 aromatic rings. The first-order chi connectivity index (χ1) is 11.1. The highest BCUT2D eigenvalue weighted by Crippen LogP contribution is 2.40. The van der Waals surface area contributed by atoms with Crippen LogP contribution in [0, 0.1) is 0 Å². The summed E-state index contributed by atoms with van der Waals surface area (Å²) in [5.74, 6) is 0.273. The van der Waals surface area contributed by atoms with Crippen molar-refractivity contribution in [2.45, 2.75) is 31.6 Å². The molecule has 1 aliphatic rings. The number of para-hydroxylation sites is 1. The maximum Gasteiger partial charge on any atom is 0.291 e. The first-order valence-corrected chi connectivity index (χ1v) is 9.58. The molecule has 0 bridgehead atoms. The maximum atomic E-state index is 12.3. The highest BCUT2D eigenvalue weighted by molar-refractivity contribution is 7.89. The van der Waals surface area contributed by atoms with E-state index in [4.69, 9.17) is 9.15 Å². The van der Waals surface area contributed by atoms with E-state index in [-0.39, 0.29) is 22.9 Å². The summed E-state index contributed by atoms with van der Waals surface area (Å²) in [6.07, 6.45) is 1.88. The lowest BCUT2D eigenvalue weighted by Crippen LogP contribution is -2.25. The SMILES string of the molecule is CC1(C)Cc2cccc(NC(=O)c3ccc(CS(C)(=O)=O)o3)c2O1. The molecule has 24 heavy (non-hydrogen) atoms. The summed E-state index contributed by atoms with van der Waals surface area (Å²) < 4.78 is 33.8. The number of fused-ring (bicyclic) bond motifs is 1. The molecule has 0 saturated carbocycles.